The second-order valence-corrected chi connectivity index (χ2v) is 8.60. The summed E-state index contributed by atoms with van der Waals surface area (Å²) < 4.78 is 1.83. The SMILES string of the molecule is NC(=O)C1CCCN(CCCNC(=O)/C=C/c2cn(-c3ccccc3)nc2-c2ccccc2)C1. The Balaban J connectivity index is 1.35. The van der Waals surface area contributed by atoms with Crippen molar-refractivity contribution in [3.8, 4) is 16.9 Å². The Morgan fingerprint density at radius 3 is 2.56 bits per heavy atom. The number of nitrogens with zero attached hydrogens (tertiary/aromatic N) is 3. The van der Waals surface area contributed by atoms with Gasteiger partial charge in [0.25, 0.3) is 0 Å². The zero-order valence-corrected chi connectivity index (χ0v) is 19.3. The first-order valence-corrected chi connectivity index (χ1v) is 11.8. The number of likely N-dealkylation sites (tertiary alicyclic amines) is 1. The van der Waals surface area contributed by atoms with Crippen molar-refractivity contribution in [1.82, 2.24) is 20.0 Å². The molecule has 1 atom stereocenters. The first kappa shape index (κ1) is 23.4. The van der Waals surface area contributed by atoms with E-state index in [2.05, 4.69) is 10.2 Å². The maximum absolute atomic E-state index is 12.4. The number of piperidine rings is 1. The van der Waals surface area contributed by atoms with E-state index in [1.54, 1.807) is 6.08 Å². The quantitative estimate of drug-likeness (QED) is 0.381. The van der Waals surface area contributed by atoms with Gasteiger partial charge in [-0.25, -0.2) is 4.68 Å². The van der Waals surface area contributed by atoms with Gasteiger partial charge in [-0.15, -0.1) is 0 Å². The summed E-state index contributed by atoms with van der Waals surface area (Å²) in [5.41, 5.74) is 9.10. The minimum absolute atomic E-state index is 0.0538. The molecule has 2 aromatic carbocycles. The molecule has 3 N–H and O–H groups in total. The van der Waals surface area contributed by atoms with Crippen LogP contribution >= 0.6 is 0 Å². The summed E-state index contributed by atoms with van der Waals surface area (Å²) in [6, 6.07) is 19.9. The number of amides is 2. The van der Waals surface area contributed by atoms with Crippen molar-refractivity contribution in [3.63, 3.8) is 0 Å². The Morgan fingerprint density at radius 1 is 1.09 bits per heavy atom. The number of hydrogen-bond acceptors (Lipinski definition) is 4. The third-order valence-corrected chi connectivity index (χ3v) is 6.08. The summed E-state index contributed by atoms with van der Waals surface area (Å²) in [5.74, 6) is -0.407. The summed E-state index contributed by atoms with van der Waals surface area (Å²) >= 11 is 0. The van der Waals surface area contributed by atoms with Crippen LogP contribution in [0.5, 0.6) is 0 Å². The summed E-state index contributed by atoms with van der Waals surface area (Å²) in [6.45, 7) is 3.12. The molecule has 1 aliphatic rings. The van der Waals surface area contributed by atoms with E-state index >= 15 is 0 Å². The highest BCUT2D eigenvalue weighted by Gasteiger charge is 2.23. The van der Waals surface area contributed by atoms with Crippen molar-refractivity contribution < 1.29 is 9.59 Å². The molecule has 2 heterocycles. The molecule has 0 saturated carbocycles. The van der Waals surface area contributed by atoms with Crippen LogP contribution in [0.3, 0.4) is 0 Å². The molecule has 0 radical (unpaired) electrons. The topological polar surface area (TPSA) is 93.3 Å². The van der Waals surface area contributed by atoms with E-state index in [9.17, 15) is 9.59 Å². The first-order chi connectivity index (χ1) is 16.6. The molecular formula is C27H31N5O2. The number of benzene rings is 2. The average Bonchev–Trinajstić information content (AvgIpc) is 3.31. The van der Waals surface area contributed by atoms with E-state index in [1.165, 1.54) is 0 Å². The molecule has 2 amide bonds. The Bertz CT molecular complexity index is 1120. The number of carbonyl (C=O) groups is 2. The predicted octanol–water partition coefficient (Wildman–Crippen LogP) is 3.26. The molecule has 0 aliphatic carbocycles. The molecule has 34 heavy (non-hydrogen) atoms. The molecule has 1 saturated heterocycles. The number of nitrogens with one attached hydrogen (secondary N) is 1. The fraction of sp³-hybridized carbons (Fsp3) is 0.296. The van der Waals surface area contributed by atoms with E-state index in [4.69, 9.17) is 10.8 Å². The van der Waals surface area contributed by atoms with E-state index in [0.717, 1.165) is 61.4 Å². The molecule has 7 nitrogen and oxygen atoms in total. The fourth-order valence-corrected chi connectivity index (χ4v) is 4.27. The zero-order chi connectivity index (χ0) is 23.8. The molecule has 176 valence electrons. The van der Waals surface area contributed by atoms with Crippen LogP contribution in [0.15, 0.2) is 72.9 Å². The lowest BCUT2D eigenvalue weighted by molar-refractivity contribution is -0.123. The highest BCUT2D eigenvalue weighted by Crippen LogP contribution is 2.24. The van der Waals surface area contributed by atoms with Gasteiger partial charge in [0, 0.05) is 36.5 Å². The molecule has 1 aliphatic heterocycles. The van der Waals surface area contributed by atoms with E-state index in [0.29, 0.717) is 6.54 Å². The van der Waals surface area contributed by atoms with Crippen LogP contribution in [-0.4, -0.2) is 52.7 Å². The van der Waals surface area contributed by atoms with Crippen LogP contribution in [0, 0.1) is 5.92 Å². The Labute approximate surface area is 200 Å². The van der Waals surface area contributed by atoms with Crippen LogP contribution in [0.4, 0.5) is 0 Å². The van der Waals surface area contributed by atoms with Gasteiger partial charge in [-0.2, -0.15) is 5.10 Å². The van der Waals surface area contributed by atoms with Crippen LogP contribution in [0.2, 0.25) is 0 Å². The fourth-order valence-electron chi connectivity index (χ4n) is 4.27. The van der Waals surface area contributed by atoms with Crippen molar-refractivity contribution in [1.29, 1.82) is 0 Å². The van der Waals surface area contributed by atoms with Crippen molar-refractivity contribution in [2.24, 2.45) is 11.7 Å². The highest BCUT2D eigenvalue weighted by molar-refractivity contribution is 5.92. The number of rotatable bonds is 9. The van der Waals surface area contributed by atoms with Crippen LogP contribution < -0.4 is 11.1 Å². The first-order valence-electron chi connectivity index (χ1n) is 11.8. The minimum Gasteiger partial charge on any atom is -0.369 e. The normalized spacial score (nSPS) is 16.5. The average molecular weight is 458 g/mol. The number of aromatic nitrogens is 2. The van der Waals surface area contributed by atoms with Gasteiger partial charge in [0.2, 0.25) is 11.8 Å². The summed E-state index contributed by atoms with van der Waals surface area (Å²) in [6.07, 6.45) is 8.00. The zero-order valence-electron chi connectivity index (χ0n) is 19.3. The molecular weight excluding hydrogens is 426 g/mol. The van der Waals surface area contributed by atoms with Crippen molar-refractivity contribution in [2.45, 2.75) is 19.3 Å². The molecule has 0 bridgehead atoms. The van der Waals surface area contributed by atoms with Gasteiger partial charge >= 0.3 is 0 Å². The molecule has 3 aromatic rings. The largest absolute Gasteiger partial charge is 0.369 e. The van der Waals surface area contributed by atoms with Crippen molar-refractivity contribution >= 4 is 17.9 Å². The predicted molar refractivity (Wildman–Crippen MR) is 134 cm³/mol. The number of carbonyl (C=O) groups excluding carboxylic acids is 2. The molecule has 1 aromatic heterocycles. The van der Waals surface area contributed by atoms with Gasteiger partial charge in [0.1, 0.15) is 0 Å². The lowest BCUT2D eigenvalue weighted by Crippen LogP contribution is -2.42. The van der Waals surface area contributed by atoms with Crippen LogP contribution in [0.25, 0.3) is 23.0 Å². The summed E-state index contributed by atoms with van der Waals surface area (Å²) in [4.78, 5) is 26.1. The Kier molecular flexibility index (Phi) is 7.88. The van der Waals surface area contributed by atoms with Gasteiger partial charge in [0.05, 0.1) is 17.3 Å². The number of nitrogens with two attached hydrogens (primary N) is 1. The Morgan fingerprint density at radius 2 is 1.82 bits per heavy atom. The number of primary amides is 1. The third-order valence-electron chi connectivity index (χ3n) is 6.08. The van der Waals surface area contributed by atoms with Gasteiger partial charge < -0.3 is 16.0 Å². The molecule has 1 unspecified atom stereocenters. The van der Waals surface area contributed by atoms with Gasteiger partial charge in [-0.3, -0.25) is 9.59 Å². The highest BCUT2D eigenvalue weighted by atomic mass is 16.1. The molecule has 4 rings (SSSR count). The maximum Gasteiger partial charge on any atom is 0.244 e. The van der Waals surface area contributed by atoms with Crippen LogP contribution in [-0.2, 0) is 9.59 Å². The second kappa shape index (κ2) is 11.4. The number of hydrogen-bond donors (Lipinski definition) is 2. The van der Waals surface area contributed by atoms with Crippen LogP contribution in [0.1, 0.15) is 24.8 Å². The number of para-hydroxylation sites is 1. The summed E-state index contributed by atoms with van der Waals surface area (Å²) in [5, 5.41) is 7.72. The monoisotopic (exact) mass is 457 g/mol. The van der Waals surface area contributed by atoms with Crippen molar-refractivity contribution in [3.05, 3.63) is 78.5 Å². The van der Waals surface area contributed by atoms with E-state index < -0.39 is 0 Å². The summed E-state index contributed by atoms with van der Waals surface area (Å²) in [7, 11) is 0. The van der Waals surface area contributed by atoms with Crippen molar-refractivity contribution in [2.75, 3.05) is 26.2 Å². The lowest BCUT2D eigenvalue weighted by Gasteiger charge is -2.31. The van der Waals surface area contributed by atoms with Gasteiger partial charge in [-0.1, -0.05) is 48.5 Å². The molecule has 7 heteroatoms. The molecule has 1 fully saturated rings. The lowest BCUT2D eigenvalue weighted by atomic mass is 9.97. The second-order valence-electron chi connectivity index (χ2n) is 8.60. The van der Waals surface area contributed by atoms with E-state index in [-0.39, 0.29) is 17.7 Å². The molecule has 0 spiro atoms. The standard InChI is InChI=1S/C27H31N5O2/c28-27(34)23-11-7-17-31(19-23)18-8-16-29-25(33)15-14-22-20-32(24-12-5-2-6-13-24)30-26(22)21-9-3-1-4-10-21/h1-6,9-10,12-15,20,23H,7-8,11,16-19H2,(H2,28,34)(H,29,33)/b15-14+. The Hall–Kier alpha value is -3.71. The van der Waals surface area contributed by atoms with Gasteiger partial charge in [0.15, 0.2) is 0 Å². The van der Waals surface area contributed by atoms with Gasteiger partial charge in [-0.05, 0) is 50.6 Å². The maximum atomic E-state index is 12.4. The smallest absolute Gasteiger partial charge is 0.244 e. The third kappa shape index (κ3) is 6.20. The minimum atomic E-state index is -0.214. The van der Waals surface area contributed by atoms with E-state index in [1.807, 2.05) is 77.6 Å².